The minimum atomic E-state index is -0.295. The van der Waals surface area contributed by atoms with Crippen LogP contribution in [0.4, 0.5) is 10.1 Å². The summed E-state index contributed by atoms with van der Waals surface area (Å²) in [4.78, 5) is 0. The lowest BCUT2D eigenvalue weighted by Gasteiger charge is -2.46. The predicted octanol–water partition coefficient (Wildman–Crippen LogP) is 2.25. The van der Waals surface area contributed by atoms with Crippen LogP contribution < -0.4 is 5.73 Å². The summed E-state index contributed by atoms with van der Waals surface area (Å²) in [6, 6.07) is 4.76. The molecular formula is C14H17FN4. The number of hydrogen-bond acceptors (Lipinski definition) is 3. The second-order valence-electron chi connectivity index (χ2n) is 5.63. The standard InChI is InChI=1S/C14H17FN4/c1-9-6-14(7-9,13-18-17-8-19(13)2)10-3-11(15)5-12(16)4-10/h3-5,8-9H,6-7,16H2,1-2H3. The molecule has 2 aromatic rings. The largest absolute Gasteiger partial charge is 0.399 e. The minimum absolute atomic E-state index is 0.249. The quantitative estimate of drug-likeness (QED) is 0.843. The van der Waals surface area contributed by atoms with Gasteiger partial charge in [-0.1, -0.05) is 6.92 Å². The maximum Gasteiger partial charge on any atom is 0.143 e. The van der Waals surface area contributed by atoms with Gasteiger partial charge >= 0.3 is 0 Å². The van der Waals surface area contributed by atoms with Crippen LogP contribution in [-0.2, 0) is 12.5 Å². The van der Waals surface area contributed by atoms with Crippen LogP contribution in [0.1, 0.15) is 31.2 Å². The molecule has 3 rings (SSSR count). The lowest BCUT2D eigenvalue weighted by Crippen LogP contribution is -2.43. The molecule has 4 nitrogen and oxygen atoms in total. The maximum absolute atomic E-state index is 13.6. The summed E-state index contributed by atoms with van der Waals surface area (Å²) in [5.74, 6) is 1.19. The van der Waals surface area contributed by atoms with E-state index >= 15 is 0 Å². The van der Waals surface area contributed by atoms with Crippen LogP contribution in [0, 0.1) is 11.7 Å². The zero-order valence-corrected chi connectivity index (χ0v) is 11.1. The molecule has 1 fully saturated rings. The first-order valence-corrected chi connectivity index (χ1v) is 6.42. The number of halogens is 1. The van der Waals surface area contributed by atoms with E-state index in [1.807, 2.05) is 17.7 Å². The summed E-state index contributed by atoms with van der Waals surface area (Å²) in [6.45, 7) is 2.19. The van der Waals surface area contributed by atoms with Gasteiger partial charge in [0, 0.05) is 12.7 Å². The van der Waals surface area contributed by atoms with Crippen LogP contribution in [0.2, 0.25) is 0 Å². The molecular weight excluding hydrogens is 243 g/mol. The highest BCUT2D eigenvalue weighted by Gasteiger charge is 2.48. The van der Waals surface area contributed by atoms with E-state index in [2.05, 4.69) is 17.1 Å². The summed E-state index contributed by atoms with van der Waals surface area (Å²) < 4.78 is 15.5. The van der Waals surface area contributed by atoms with Gasteiger partial charge in [0.1, 0.15) is 18.0 Å². The van der Waals surface area contributed by atoms with Crippen LogP contribution in [0.15, 0.2) is 24.5 Å². The minimum Gasteiger partial charge on any atom is -0.399 e. The highest BCUT2D eigenvalue weighted by atomic mass is 19.1. The second-order valence-corrected chi connectivity index (χ2v) is 5.63. The van der Waals surface area contributed by atoms with E-state index in [4.69, 9.17) is 5.73 Å². The highest BCUT2D eigenvalue weighted by Crippen LogP contribution is 2.51. The van der Waals surface area contributed by atoms with Gasteiger partial charge in [0.05, 0.1) is 5.41 Å². The Labute approximate surface area is 111 Å². The molecule has 0 saturated heterocycles. The number of hydrogen-bond donors (Lipinski definition) is 1. The lowest BCUT2D eigenvalue weighted by molar-refractivity contribution is 0.185. The zero-order valence-electron chi connectivity index (χ0n) is 11.1. The van der Waals surface area contributed by atoms with Gasteiger partial charge in [-0.15, -0.1) is 10.2 Å². The molecule has 1 aromatic heterocycles. The van der Waals surface area contributed by atoms with Gasteiger partial charge in [0.25, 0.3) is 0 Å². The molecule has 1 heterocycles. The molecule has 0 radical (unpaired) electrons. The van der Waals surface area contributed by atoms with Crippen LogP contribution in [-0.4, -0.2) is 14.8 Å². The van der Waals surface area contributed by atoms with Crippen molar-refractivity contribution in [2.45, 2.75) is 25.2 Å². The van der Waals surface area contributed by atoms with E-state index < -0.39 is 0 Å². The van der Waals surface area contributed by atoms with Gasteiger partial charge in [0.2, 0.25) is 0 Å². The van der Waals surface area contributed by atoms with E-state index in [9.17, 15) is 4.39 Å². The third-order valence-electron chi connectivity index (χ3n) is 4.01. The lowest BCUT2D eigenvalue weighted by atomic mass is 9.58. The first kappa shape index (κ1) is 12.1. The summed E-state index contributed by atoms with van der Waals surface area (Å²) in [7, 11) is 1.92. The third kappa shape index (κ3) is 1.80. The number of anilines is 1. The average Bonchev–Trinajstić information content (AvgIpc) is 2.70. The topological polar surface area (TPSA) is 56.7 Å². The van der Waals surface area contributed by atoms with E-state index in [0.29, 0.717) is 11.6 Å². The van der Waals surface area contributed by atoms with Gasteiger partial charge in [-0.25, -0.2) is 4.39 Å². The highest BCUT2D eigenvalue weighted by molar-refractivity contribution is 5.47. The number of nitrogens with zero attached hydrogens (tertiary/aromatic N) is 3. The monoisotopic (exact) mass is 260 g/mol. The Balaban J connectivity index is 2.14. The fourth-order valence-corrected chi connectivity index (χ4v) is 3.28. The number of rotatable bonds is 2. The average molecular weight is 260 g/mol. The Morgan fingerprint density at radius 3 is 2.63 bits per heavy atom. The van der Waals surface area contributed by atoms with Crippen molar-refractivity contribution in [2.75, 3.05) is 5.73 Å². The Morgan fingerprint density at radius 2 is 2.11 bits per heavy atom. The van der Waals surface area contributed by atoms with E-state index in [1.54, 1.807) is 12.4 Å². The first-order valence-electron chi connectivity index (χ1n) is 6.42. The molecule has 0 aliphatic heterocycles. The number of aromatic nitrogens is 3. The van der Waals surface area contributed by atoms with E-state index in [-0.39, 0.29) is 11.2 Å². The number of nitrogens with two attached hydrogens (primary N) is 1. The van der Waals surface area contributed by atoms with Crippen LogP contribution in [0.25, 0.3) is 0 Å². The fourth-order valence-electron chi connectivity index (χ4n) is 3.28. The first-order chi connectivity index (χ1) is 9.01. The van der Waals surface area contributed by atoms with Crippen molar-refractivity contribution in [3.8, 4) is 0 Å². The SMILES string of the molecule is CC1CC(c2cc(N)cc(F)c2)(c2nncn2C)C1. The molecule has 100 valence electrons. The van der Waals surface area contributed by atoms with E-state index in [0.717, 1.165) is 24.2 Å². The molecule has 0 unspecified atom stereocenters. The number of nitrogen functional groups attached to an aromatic ring is 1. The molecule has 0 spiro atoms. The second kappa shape index (κ2) is 4.05. The summed E-state index contributed by atoms with van der Waals surface area (Å²) in [6.07, 6.45) is 3.58. The van der Waals surface area contributed by atoms with Crippen LogP contribution in [0.5, 0.6) is 0 Å². The molecule has 0 bridgehead atoms. The number of benzene rings is 1. The molecule has 1 saturated carbocycles. The van der Waals surface area contributed by atoms with Crippen molar-refractivity contribution >= 4 is 5.69 Å². The Hall–Kier alpha value is -1.91. The molecule has 5 heteroatoms. The molecule has 1 aliphatic carbocycles. The van der Waals surface area contributed by atoms with Gasteiger partial charge in [-0.2, -0.15) is 0 Å². The normalized spacial score (nSPS) is 26.2. The molecule has 0 amide bonds. The molecule has 2 N–H and O–H groups in total. The molecule has 0 atom stereocenters. The van der Waals surface area contributed by atoms with Gasteiger partial charge in [-0.05, 0) is 42.5 Å². The number of aryl methyl sites for hydroxylation is 1. The molecule has 1 aliphatic rings. The Kier molecular flexibility index (Phi) is 2.59. The van der Waals surface area contributed by atoms with Crippen LogP contribution in [0.3, 0.4) is 0 Å². The maximum atomic E-state index is 13.6. The Bertz CT molecular complexity index is 593. The van der Waals surface area contributed by atoms with Crippen molar-refractivity contribution in [1.82, 2.24) is 14.8 Å². The summed E-state index contributed by atoms with van der Waals surface area (Å²) in [5, 5.41) is 8.18. The van der Waals surface area contributed by atoms with E-state index in [1.165, 1.54) is 6.07 Å². The van der Waals surface area contributed by atoms with Crippen molar-refractivity contribution in [2.24, 2.45) is 13.0 Å². The molecule has 19 heavy (non-hydrogen) atoms. The fraction of sp³-hybridized carbons (Fsp3) is 0.429. The van der Waals surface area contributed by atoms with Crippen molar-refractivity contribution < 1.29 is 4.39 Å². The predicted molar refractivity (Wildman–Crippen MR) is 71.0 cm³/mol. The third-order valence-corrected chi connectivity index (χ3v) is 4.01. The zero-order chi connectivity index (χ0) is 13.6. The summed E-state index contributed by atoms with van der Waals surface area (Å²) >= 11 is 0. The van der Waals surface area contributed by atoms with Crippen molar-refractivity contribution in [1.29, 1.82) is 0 Å². The molecule has 1 aromatic carbocycles. The van der Waals surface area contributed by atoms with Gasteiger partial charge in [0.15, 0.2) is 0 Å². The Morgan fingerprint density at radius 1 is 1.37 bits per heavy atom. The summed E-state index contributed by atoms with van der Waals surface area (Å²) in [5.41, 5.74) is 6.89. The van der Waals surface area contributed by atoms with Crippen molar-refractivity contribution in [3.63, 3.8) is 0 Å². The smallest absolute Gasteiger partial charge is 0.143 e. The van der Waals surface area contributed by atoms with Crippen molar-refractivity contribution in [3.05, 3.63) is 41.7 Å². The van der Waals surface area contributed by atoms with Crippen LogP contribution >= 0.6 is 0 Å². The van der Waals surface area contributed by atoms with Gasteiger partial charge < -0.3 is 10.3 Å². The van der Waals surface area contributed by atoms with Gasteiger partial charge in [-0.3, -0.25) is 0 Å².